The van der Waals surface area contributed by atoms with Gasteiger partial charge in [0.15, 0.2) is 0 Å². The van der Waals surface area contributed by atoms with E-state index in [9.17, 15) is 0 Å². The Morgan fingerprint density at radius 2 is 2.40 bits per heavy atom. The lowest BCUT2D eigenvalue weighted by molar-refractivity contribution is 1.54. The lowest BCUT2D eigenvalue weighted by atomic mass is 10.7. The summed E-state index contributed by atoms with van der Waals surface area (Å²) in [5.74, 6) is 0. The summed E-state index contributed by atoms with van der Waals surface area (Å²) in [5, 5.41) is 8.94. The predicted octanol–water partition coefficient (Wildman–Crippen LogP) is 1.22. The van der Waals surface area contributed by atoms with Crippen LogP contribution in [-0.2, 0) is 0 Å². The van der Waals surface area contributed by atoms with Crippen molar-refractivity contribution in [3.8, 4) is 6.07 Å². The standard InChI is InChI=1S/C3H2NS/c4-2-1-3-5/h1,3H. The molecule has 0 saturated heterocycles. The lowest BCUT2D eigenvalue weighted by Crippen LogP contribution is -1.31. The van der Waals surface area contributed by atoms with Crippen molar-refractivity contribution in [1.82, 2.24) is 0 Å². The summed E-state index contributed by atoms with van der Waals surface area (Å²) < 4.78 is 0. The van der Waals surface area contributed by atoms with E-state index >= 15 is 0 Å². The van der Waals surface area contributed by atoms with Crippen LogP contribution in [0.1, 0.15) is 0 Å². The van der Waals surface area contributed by atoms with Gasteiger partial charge in [-0.25, -0.2) is 0 Å². The average molecular weight is 84.1 g/mol. The zero-order valence-corrected chi connectivity index (χ0v) is 3.33. The van der Waals surface area contributed by atoms with E-state index in [2.05, 4.69) is 12.6 Å². The van der Waals surface area contributed by atoms with Crippen molar-refractivity contribution in [1.29, 1.82) is 5.26 Å². The van der Waals surface area contributed by atoms with E-state index < -0.39 is 0 Å². The van der Waals surface area contributed by atoms with Crippen LogP contribution in [0.15, 0.2) is 11.5 Å². The third-order valence-electron chi connectivity index (χ3n) is 0.143. The first-order valence-corrected chi connectivity index (χ1v) is 1.55. The lowest BCUT2D eigenvalue weighted by Gasteiger charge is -1.45. The average Bonchev–Trinajstić information content (AvgIpc) is 1.41. The zero-order valence-electron chi connectivity index (χ0n) is 2.51. The molecule has 0 atom stereocenters. The van der Waals surface area contributed by atoms with E-state index in [-0.39, 0.29) is 0 Å². The molecule has 0 unspecified atom stereocenters. The number of rotatable bonds is 0. The van der Waals surface area contributed by atoms with Gasteiger partial charge in [-0.3, -0.25) is 0 Å². The van der Waals surface area contributed by atoms with Crippen LogP contribution >= 0.6 is 12.6 Å². The summed E-state index contributed by atoms with van der Waals surface area (Å²) in [5.41, 5.74) is 0. The molecule has 0 aromatic rings. The van der Waals surface area contributed by atoms with Gasteiger partial charge in [0, 0.05) is 11.5 Å². The molecule has 1 nitrogen and oxygen atoms in total. The third kappa shape index (κ3) is 3.45. The van der Waals surface area contributed by atoms with Gasteiger partial charge in [0.1, 0.15) is 0 Å². The van der Waals surface area contributed by atoms with Crippen LogP contribution in [0.4, 0.5) is 0 Å². The molecule has 0 fully saturated rings. The van der Waals surface area contributed by atoms with Gasteiger partial charge in [-0.2, -0.15) is 5.26 Å². The molecule has 0 N–H and O–H groups in total. The van der Waals surface area contributed by atoms with Crippen LogP contribution in [0.5, 0.6) is 0 Å². The molecule has 25 valence electrons. The molecule has 2 heteroatoms. The summed E-state index contributed by atoms with van der Waals surface area (Å²) in [7, 11) is 0. The van der Waals surface area contributed by atoms with Crippen LogP contribution in [-0.4, -0.2) is 0 Å². The van der Waals surface area contributed by atoms with Crippen molar-refractivity contribution in [2.24, 2.45) is 0 Å². The summed E-state index contributed by atoms with van der Waals surface area (Å²) in [6.45, 7) is 0. The minimum Gasteiger partial charge on any atom is -0.193 e. The maximum absolute atomic E-state index is 7.66. The van der Waals surface area contributed by atoms with Gasteiger partial charge in [0.25, 0.3) is 0 Å². The summed E-state index contributed by atoms with van der Waals surface area (Å²) in [4.78, 5) is 0. The number of allylic oxidation sites excluding steroid dienone is 1. The van der Waals surface area contributed by atoms with E-state index in [1.807, 2.05) is 0 Å². The van der Waals surface area contributed by atoms with E-state index in [1.54, 1.807) is 6.07 Å². The Bertz CT molecular complexity index is 69.5. The van der Waals surface area contributed by atoms with Crippen molar-refractivity contribution in [2.45, 2.75) is 0 Å². The molecular weight excluding hydrogens is 82.1 g/mol. The van der Waals surface area contributed by atoms with Crippen LogP contribution in [0.25, 0.3) is 0 Å². The van der Waals surface area contributed by atoms with Gasteiger partial charge in [-0.1, -0.05) is 12.6 Å². The first kappa shape index (κ1) is 4.45. The second-order valence-electron chi connectivity index (χ2n) is 0.432. The maximum atomic E-state index is 7.66. The molecule has 0 aliphatic rings. The van der Waals surface area contributed by atoms with Gasteiger partial charge in [-0.05, 0) is 0 Å². The Labute approximate surface area is 36.3 Å². The van der Waals surface area contributed by atoms with Crippen LogP contribution in [0.2, 0.25) is 0 Å². The monoisotopic (exact) mass is 84.0 g/mol. The van der Waals surface area contributed by atoms with E-state index in [0.717, 1.165) is 0 Å². The quantitative estimate of drug-likeness (QED) is 0.405. The number of hydrogen-bond donors (Lipinski definition) is 0. The third-order valence-corrected chi connectivity index (χ3v) is 0.279. The van der Waals surface area contributed by atoms with E-state index in [1.165, 1.54) is 11.5 Å². The molecule has 5 heavy (non-hydrogen) atoms. The Kier molecular flexibility index (Phi) is 3.07. The molecule has 0 aliphatic carbocycles. The van der Waals surface area contributed by atoms with Gasteiger partial charge in [-0.15, -0.1) is 0 Å². The molecule has 0 bridgehead atoms. The highest BCUT2D eigenvalue weighted by Gasteiger charge is 1.48. The van der Waals surface area contributed by atoms with Gasteiger partial charge in [0.05, 0.1) is 6.07 Å². The molecule has 0 amide bonds. The van der Waals surface area contributed by atoms with Crippen molar-refractivity contribution in [2.75, 3.05) is 0 Å². The Morgan fingerprint density at radius 1 is 1.80 bits per heavy atom. The molecule has 0 aliphatic heterocycles. The van der Waals surface area contributed by atoms with Crippen LogP contribution < -0.4 is 0 Å². The second kappa shape index (κ2) is 3.45. The summed E-state index contributed by atoms with van der Waals surface area (Å²) in [6, 6.07) is 1.73. The normalized spacial score (nSPS) is 7.80. The summed E-state index contributed by atoms with van der Waals surface area (Å²) in [6.07, 6.45) is 1.25. The Balaban J connectivity index is 3.04. The Morgan fingerprint density at radius 3 is 2.40 bits per heavy atom. The van der Waals surface area contributed by atoms with Crippen molar-refractivity contribution < 1.29 is 0 Å². The van der Waals surface area contributed by atoms with Crippen molar-refractivity contribution >= 4 is 12.6 Å². The van der Waals surface area contributed by atoms with Gasteiger partial charge < -0.3 is 0 Å². The minimum absolute atomic E-state index is 1.25. The fourth-order valence-electron chi connectivity index (χ4n) is 0.0304. The fourth-order valence-corrected chi connectivity index (χ4v) is 0.0913. The van der Waals surface area contributed by atoms with E-state index in [4.69, 9.17) is 5.26 Å². The number of hydrogen-bond acceptors (Lipinski definition) is 1. The molecule has 0 heterocycles. The molecule has 0 aromatic heterocycles. The zero-order chi connectivity index (χ0) is 4.12. The highest BCUT2D eigenvalue weighted by molar-refractivity contribution is 7.83. The summed E-state index contributed by atoms with van der Waals surface area (Å²) >= 11 is 4.25. The molecule has 0 rings (SSSR count). The highest BCUT2D eigenvalue weighted by atomic mass is 32.1. The largest absolute Gasteiger partial charge is 0.193 e. The topological polar surface area (TPSA) is 23.8 Å². The molecule has 0 aromatic carbocycles. The second-order valence-corrected chi connectivity index (χ2v) is 0.704. The minimum atomic E-state index is 1.25. The van der Waals surface area contributed by atoms with Crippen LogP contribution in [0.3, 0.4) is 0 Å². The van der Waals surface area contributed by atoms with Crippen LogP contribution in [0, 0.1) is 11.3 Å². The first-order valence-electron chi connectivity index (χ1n) is 1.08. The van der Waals surface area contributed by atoms with Crippen molar-refractivity contribution in [3.63, 3.8) is 0 Å². The van der Waals surface area contributed by atoms with Crippen molar-refractivity contribution in [3.05, 3.63) is 11.5 Å². The number of nitriles is 1. The maximum Gasteiger partial charge on any atom is 0.0920 e. The predicted molar refractivity (Wildman–Crippen MR) is 22.3 cm³/mol. The smallest absolute Gasteiger partial charge is 0.0920 e. The van der Waals surface area contributed by atoms with Gasteiger partial charge in [0.2, 0.25) is 0 Å². The highest BCUT2D eigenvalue weighted by Crippen LogP contribution is 1.69. The first-order chi connectivity index (χ1) is 2.41. The SMILES string of the molecule is N#CC=C[S]. The van der Waals surface area contributed by atoms with Gasteiger partial charge >= 0.3 is 0 Å². The molecular formula is C3H2NS. The molecule has 1 radical (unpaired) electrons. The fraction of sp³-hybridized carbons (Fsp3) is 0. The Hall–Kier alpha value is -0.550. The number of nitrogens with zero attached hydrogens (tertiary/aromatic N) is 1. The molecule has 0 saturated carbocycles. The molecule has 0 spiro atoms. The van der Waals surface area contributed by atoms with E-state index in [0.29, 0.717) is 0 Å².